The molecule has 0 amide bonds. The Morgan fingerprint density at radius 2 is 2.00 bits per heavy atom. The number of nitrogens with zero attached hydrogens (tertiary/aromatic N) is 4. The third kappa shape index (κ3) is 6.65. The topological polar surface area (TPSA) is 50.2 Å². The Bertz CT molecular complexity index is 1150. The fourth-order valence-corrected chi connectivity index (χ4v) is 4.34. The number of benzene rings is 1. The van der Waals surface area contributed by atoms with Gasteiger partial charge < -0.3 is 19.3 Å². The molecule has 2 atom stereocenters. The first-order valence-corrected chi connectivity index (χ1v) is 12.8. The van der Waals surface area contributed by atoms with Crippen LogP contribution in [0.25, 0.3) is 0 Å². The number of hydrogen-bond donors (Lipinski definition) is 0. The molecule has 0 spiro atoms. The van der Waals surface area contributed by atoms with Crippen LogP contribution in [-0.2, 0) is 0 Å². The summed E-state index contributed by atoms with van der Waals surface area (Å²) in [5, 5.41) is 0. The number of allylic oxidation sites excluding steroid dienone is 2. The Kier molecular flexibility index (Phi) is 8.61. The van der Waals surface area contributed by atoms with Crippen LogP contribution < -0.4 is 14.4 Å². The van der Waals surface area contributed by atoms with Crippen LogP contribution >= 0.6 is 9.24 Å². The summed E-state index contributed by atoms with van der Waals surface area (Å²) in [5.74, 6) is 4.60. The number of rotatable bonds is 10. The van der Waals surface area contributed by atoms with Crippen LogP contribution in [0.3, 0.4) is 0 Å². The van der Waals surface area contributed by atoms with Crippen LogP contribution in [0.1, 0.15) is 32.6 Å². The van der Waals surface area contributed by atoms with Gasteiger partial charge in [0.05, 0.1) is 12.3 Å². The van der Waals surface area contributed by atoms with Crippen LogP contribution in [0, 0.1) is 12.3 Å². The molecule has 36 heavy (non-hydrogen) atoms. The van der Waals surface area contributed by atoms with Crippen LogP contribution in [0.2, 0.25) is 0 Å². The van der Waals surface area contributed by atoms with E-state index in [2.05, 4.69) is 32.3 Å². The summed E-state index contributed by atoms with van der Waals surface area (Å²) in [4.78, 5) is 13.3. The SMILES string of the molecule is C#CC(/C=N\C(=C)N1CCC(N(c2ccc(OC(F)P)cc2)c2cnccc2OC2CC2)CC1)=C/C. The number of halogens is 1. The minimum Gasteiger partial charge on any atom is -0.488 e. The van der Waals surface area contributed by atoms with Crippen molar-refractivity contribution in [3.63, 3.8) is 0 Å². The number of alkyl halides is 1. The number of terminal acetylenes is 1. The summed E-state index contributed by atoms with van der Waals surface area (Å²) in [7, 11) is 2.00. The van der Waals surface area contributed by atoms with Crippen LogP contribution in [0.5, 0.6) is 11.5 Å². The summed E-state index contributed by atoms with van der Waals surface area (Å²) in [6, 6.07) is 9.59. The van der Waals surface area contributed by atoms with Gasteiger partial charge in [0.15, 0.2) is 0 Å². The van der Waals surface area contributed by atoms with E-state index in [4.69, 9.17) is 15.9 Å². The average Bonchev–Trinajstić information content (AvgIpc) is 3.71. The number of likely N-dealkylation sites (tertiary alicyclic amines) is 1. The van der Waals surface area contributed by atoms with Crippen molar-refractivity contribution in [1.82, 2.24) is 9.88 Å². The van der Waals surface area contributed by atoms with Crippen molar-refractivity contribution in [2.45, 2.75) is 50.9 Å². The summed E-state index contributed by atoms with van der Waals surface area (Å²) in [5.41, 5.74) is 2.62. The molecule has 2 unspecified atom stereocenters. The quantitative estimate of drug-likeness (QED) is 0.230. The molecule has 2 aromatic rings. The van der Waals surface area contributed by atoms with E-state index in [9.17, 15) is 4.39 Å². The molecule has 1 saturated carbocycles. The zero-order valence-corrected chi connectivity index (χ0v) is 21.7. The largest absolute Gasteiger partial charge is 0.488 e. The van der Waals surface area contributed by atoms with Gasteiger partial charge in [0.1, 0.15) is 23.0 Å². The van der Waals surface area contributed by atoms with Crippen LogP contribution in [0.4, 0.5) is 15.8 Å². The average molecular weight is 507 g/mol. The highest BCUT2D eigenvalue weighted by Crippen LogP contribution is 2.40. The Labute approximate surface area is 215 Å². The van der Waals surface area contributed by atoms with Crippen molar-refractivity contribution < 1.29 is 13.9 Å². The fraction of sp³-hybridized carbons (Fsp3) is 0.357. The molecule has 8 heteroatoms. The number of hydrogen-bond acceptors (Lipinski definition) is 6. The zero-order chi connectivity index (χ0) is 25.5. The first-order valence-electron chi connectivity index (χ1n) is 12.2. The molecule has 1 aliphatic carbocycles. The Morgan fingerprint density at radius 3 is 2.61 bits per heavy atom. The van der Waals surface area contributed by atoms with E-state index in [1.165, 1.54) is 0 Å². The molecule has 0 N–H and O–H groups in total. The van der Waals surface area contributed by atoms with Gasteiger partial charge in [0.2, 0.25) is 6.10 Å². The lowest BCUT2D eigenvalue weighted by molar-refractivity contribution is 0.153. The number of ether oxygens (including phenoxy) is 2. The highest BCUT2D eigenvalue weighted by Gasteiger charge is 2.31. The minimum atomic E-state index is -1.45. The number of pyridine rings is 1. The molecule has 1 aliphatic heterocycles. The predicted octanol–water partition coefficient (Wildman–Crippen LogP) is 5.85. The predicted molar refractivity (Wildman–Crippen MR) is 147 cm³/mol. The molecule has 1 aromatic heterocycles. The maximum absolute atomic E-state index is 13.3. The maximum Gasteiger partial charge on any atom is 0.249 e. The number of anilines is 2. The van der Waals surface area contributed by atoms with Crippen molar-refractivity contribution >= 4 is 26.8 Å². The summed E-state index contributed by atoms with van der Waals surface area (Å²) >= 11 is 0. The lowest BCUT2D eigenvalue weighted by Crippen LogP contribution is -2.42. The molecule has 2 heterocycles. The number of aromatic nitrogens is 1. The van der Waals surface area contributed by atoms with Gasteiger partial charge in [-0.25, -0.2) is 4.99 Å². The molecular weight excluding hydrogens is 474 g/mol. The van der Waals surface area contributed by atoms with E-state index < -0.39 is 6.10 Å². The lowest BCUT2D eigenvalue weighted by atomic mass is 10.0. The number of aliphatic imine (C=N–C) groups is 1. The lowest BCUT2D eigenvalue weighted by Gasteiger charge is -2.40. The van der Waals surface area contributed by atoms with Gasteiger partial charge in [-0.3, -0.25) is 4.98 Å². The Hall–Kier alpha value is -3.36. The zero-order valence-electron chi connectivity index (χ0n) is 20.5. The maximum atomic E-state index is 13.3. The molecule has 0 radical (unpaired) electrons. The van der Waals surface area contributed by atoms with E-state index in [-0.39, 0.29) is 12.1 Å². The molecule has 1 saturated heterocycles. The van der Waals surface area contributed by atoms with E-state index in [1.807, 2.05) is 46.6 Å². The molecule has 188 valence electrons. The molecule has 4 rings (SSSR count). The Balaban J connectivity index is 1.55. The van der Waals surface area contributed by atoms with E-state index >= 15 is 0 Å². The molecule has 2 fully saturated rings. The van der Waals surface area contributed by atoms with E-state index in [0.29, 0.717) is 11.6 Å². The standard InChI is InChI=1S/C28H32FN4O2P/c1-4-21(5-2)18-31-20(3)32-16-13-23(14-17-32)33(22-6-8-25(9-7-22)35-28(29)36)26-19-30-15-12-27(26)34-24-10-11-24/h1,5-9,12,15,18-19,23-24,28H,3,10-11,13-14,16-17,36H2,2H3/b21-5-,31-18-. The van der Waals surface area contributed by atoms with Gasteiger partial charge >= 0.3 is 0 Å². The monoisotopic (exact) mass is 506 g/mol. The second-order valence-electron chi connectivity index (χ2n) is 8.77. The highest BCUT2D eigenvalue weighted by molar-refractivity contribution is 7.16. The molecule has 6 nitrogen and oxygen atoms in total. The molecule has 0 bridgehead atoms. The van der Waals surface area contributed by atoms with Gasteiger partial charge in [-0.15, -0.1) is 6.42 Å². The van der Waals surface area contributed by atoms with Crippen LogP contribution in [0.15, 0.2) is 71.8 Å². The second kappa shape index (κ2) is 12.1. The van der Waals surface area contributed by atoms with Crippen molar-refractivity contribution in [1.29, 1.82) is 0 Å². The van der Waals surface area contributed by atoms with Gasteiger partial charge in [-0.05, 0) is 56.9 Å². The normalized spacial score (nSPS) is 17.5. The summed E-state index contributed by atoms with van der Waals surface area (Å²) in [6.45, 7) is 7.62. The highest BCUT2D eigenvalue weighted by atomic mass is 31.0. The second-order valence-corrected chi connectivity index (χ2v) is 9.30. The Morgan fingerprint density at radius 1 is 1.28 bits per heavy atom. The number of piperidine rings is 1. The molecule has 1 aromatic carbocycles. The summed E-state index contributed by atoms with van der Waals surface area (Å²) in [6.07, 6.45) is 15.4. The molecular formula is C28H32FN4O2P. The van der Waals surface area contributed by atoms with E-state index in [1.54, 1.807) is 24.5 Å². The first kappa shape index (κ1) is 25.7. The van der Waals surface area contributed by atoms with Crippen molar-refractivity contribution in [3.8, 4) is 23.8 Å². The van der Waals surface area contributed by atoms with Gasteiger partial charge in [-0.1, -0.05) is 27.8 Å². The van der Waals surface area contributed by atoms with Crippen molar-refractivity contribution in [2.75, 3.05) is 18.0 Å². The minimum absolute atomic E-state index is 0.197. The third-order valence-electron chi connectivity index (χ3n) is 6.23. The fourth-order valence-electron chi connectivity index (χ4n) is 4.18. The molecule has 2 aliphatic rings. The van der Waals surface area contributed by atoms with E-state index in [0.717, 1.165) is 61.5 Å². The smallest absolute Gasteiger partial charge is 0.249 e. The summed E-state index contributed by atoms with van der Waals surface area (Å²) < 4.78 is 24.7. The van der Waals surface area contributed by atoms with Crippen LogP contribution in [-0.4, -0.2) is 47.4 Å². The van der Waals surface area contributed by atoms with Gasteiger partial charge in [-0.2, -0.15) is 4.39 Å². The van der Waals surface area contributed by atoms with Crippen molar-refractivity contribution in [2.24, 2.45) is 4.99 Å². The van der Waals surface area contributed by atoms with Gasteiger partial charge in [0.25, 0.3) is 0 Å². The first-order chi connectivity index (χ1) is 17.5. The third-order valence-corrected chi connectivity index (χ3v) is 6.36. The van der Waals surface area contributed by atoms with Crippen molar-refractivity contribution in [3.05, 3.63) is 66.8 Å². The van der Waals surface area contributed by atoms with Gasteiger partial charge in [0, 0.05) is 48.9 Å².